The number of hydrogen-bond acceptors (Lipinski definition) is 3. The van der Waals surface area contributed by atoms with Crippen LogP contribution in [0, 0.1) is 5.92 Å². The van der Waals surface area contributed by atoms with Gasteiger partial charge in [0, 0.05) is 30.9 Å². The Hall–Kier alpha value is -3.41. The molecule has 30 heavy (non-hydrogen) atoms. The zero-order chi connectivity index (χ0) is 21.5. The van der Waals surface area contributed by atoms with Crippen molar-refractivity contribution in [3.05, 3.63) is 89.7 Å². The van der Waals surface area contributed by atoms with Gasteiger partial charge in [-0.05, 0) is 23.6 Å². The van der Waals surface area contributed by atoms with Crippen LogP contribution in [-0.2, 0) is 17.9 Å². The highest BCUT2D eigenvalue weighted by atomic mass is 16.2. The summed E-state index contributed by atoms with van der Waals surface area (Å²) in [5.41, 5.74) is 2.65. The predicted molar refractivity (Wildman–Crippen MR) is 117 cm³/mol. The first-order valence-electron chi connectivity index (χ1n) is 10.1. The van der Waals surface area contributed by atoms with Crippen LogP contribution in [0.15, 0.2) is 73.1 Å². The summed E-state index contributed by atoms with van der Waals surface area (Å²) in [5.74, 6) is -0.398. The van der Waals surface area contributed by atoms with Gasteiger partial charge in [0.1, 0.15) is 6.04 Å². The standard InChI is InChI=1S/C24H28N4O2/c1-18(2)22(26-23(29)21-12-8-5-9-13-21)24(30)27(3)15-20-14-25-28(17-20)16-19-10-6-4-7-11-19/h4-14,17-18,22H,15-16H2,1-3H3,(H,26,29)/t22-/m1/s1. The van der Waals surface area contributed by atoms with E-state index < -0.39 is 6.04 Å². The topological polar surface area (TPSA) is 67.2 Å². The first kappa shape index (κ1) is 21.3. The highest BCUT2D eigenvalue weighted by Gasteiger charge is 2.27. The molecule has 1 heterocycles. The predicted octanol–water partition coefficient (Wildman–Crippen LogP) is 3.34. The van der Waals surface area contributed by atoms with Gasteiger partial charge in [-0.15, -0.1) is 0 Å². The third kappa shape index (κ3) is 5.56. The summed E-state index contributed by atoms with van der Waals surface area (Å²) in [6.45, 7) is 4.97. The van der Waals surface area contributed by atoms with Crippen LogP contribution in [0.3, 0.4) is 0 Å². The Morgan fingerprint density at radius 2 is 1.63 bits per heavy atom. The average molecular weight is 405 g/mol. The number of carbonyl (C=O) groups excluding carboxylic acids is 2. The number of nitrogens with zero attached hydrogens (tertiary/aromatic N) is 3. The van der Waals surface area contributed by atoms with Crippen molar-refractivity contribution in [3.8, 4) is 0 Å². The second-order valence-corrected chi connectivity index (χ2v) is 7.79. The summed E-state index contributed by atoms with van der Waals surface area (Å²) >= 11 is 0. The molecule has 0 aliphatic carbocycles. The summed E-state index contributed by atoms with van der Waals surface area (Å²) < 4.78 is 1.86. The molecule has 1 N–H and O–H groups in total. The Kier molecular flexibility index (Phi) is 7.01. The largest absolute Gasteiger partial charge is 0.340 e. The molecule has 0 saturated heterocycles. The van der Waals surface area contributed by atoms with Gasteiger partial charge in [-0.25, -0.2) is 0 Å². The van der Waals surface area contributed by atoms with Gasteiger partial charge in [-0.1, -0.05) is 62.4 Å². The number of aromatic nitrogens is 2. The maximum absolute atomic E-state index is 13.0. The first-order valence-corrected chi connectivity index (χ1v) is 10.1. The summed E-state index contributed by atoms with van der Waals surface area (Å²) in [5, 5.41) is 7.29. The molecule has 156 valence electrons. The minimum absolute atomic E-state index is 0.0339. The Labute approximate surface area is 177 Å². The number of carbonyl (C=O) groups is 2. The van der Waals surface area contributed by atoms with E-state index in [0.29, 0.717) is 18.7 Å². The lowest BCUT2D eigenvalue weighted by atomic mass is 10.0. The number of nitrogens with one attached hydrogen (secondary N) is 1. The Morgan fingerprint density at radius 3 is 2.27 bits per heavy atom. The lowest BCUT2D eigenvalue weighted by Crippen LogP contribution is -2.50. The molecular formula is C24H28N4O2. The third-order valence-corrected chi connectivity index (χ3v) is 4.93. The van der Waals surface area contributed by atoms with Gasteiger partial charge in [-0.2, -0.15) is 5.10 Å². The van der Waals surface area contributed by atoms with Crippen LogP contribution in [0.1, 0.15) is 35.3 Å². The fraction of sp³-hybridized carbons (Fsp3) is 0.292. The van der Waals surface area contributed by atoms with Gasteiger partial charge in [0.25, 0.3) is 5.91 Å². The van der Waals surface area contributed by atoms with E-state index in [4.69, 9.17) is 0 Å². The van der Waals surface area contributed by atoms with Crippen molar-refractivity contribution in [3.63, 3.8) is 0 Å². The molecule has 1 aromatic heterocycles. The molecule has 0 spiro atoms. The maximum atomic E-state index is 13.0. The molecule has 0 bridgehead atoms. The van der Waals surface area contributed by atoms with Crippen LogP contribution in [0.25, 0.3) is 0 Å². The number of benzene rings is 2. The Bertz CT molecular complexity index is 967. The van der Waals surface area contributed by atoms with E-state index >= 15 is 0 Å². The van der Waals surface area contributed by atoms with Crippen molar-refractivity contribution in [1.82, 2.24) is 20.0 Å². The minimum atomic E-state index is -0.595. The van der Waals surface area contributed by atoms with Crippen molar-refractivity contribution in [2.75, 3.05) is 7.05 Å². The highest BCUT2D eigenvalue weighted by Crippen LogP contribution is 2.11. The highest BCUT2D eigenvalue weighted by molar-refractivity contribution is 5.97. The van der Waals surface area contributed by atoms with Crippen molar-refractivity contribution >= 4 is 11.8 Å². The lowest BCUT2D eigenvalue weighted by Gasteiger charge is -2.27. The van der Waals surface area contributed by atoms with Gasteiger partial charge < -0.3 is 10.2 Å². The Balaban J connectivity index is 1.62. The molecule has 2 aromatic carbocycles. The molecular weight excluding hydrogens is 376 g/mol. The normalized spacial score (nSPS) is 11.9. The van der Waals surface area contributed by atoms with E-state index in [9.17, 15) is 9.59 Å². The van der Waals surface area contributed by atoms with Crippen molar-refractivity contribution in [1.29, 1.82) is 0 Å². The van der Waals surface area contributed by atoms with Gasteiger partial charge in [0.2, 0.25) is 5.91 Å². The quantitative estimate of drug-likeness (QED) is 0.626. The van der Waals surface area contributed by atoms with Crippen LogP contribution >= 0.6 is 0 Å². The fourth-order valence-corrected chi connectivity index (χ4v) is 3.26. The van der Waals surface area contributed by atoms with Crippen molar-refractivity contribution < 1.29 is 9.59 Å². The maximum Gasteiger partial charge on any atom is 0.251 e. The van der Waals surface area contributed by atoms with E-state index in [1.54, 1.807) is 42.4 Å². The second kappa shape index (κ2) is 9.87. The van der Waals surface area contributed by atoms with E-state index in [1.165, 1.54) is 5.56 Å². The average Bonchev–Trinajstić information content (AvgIpc) is 3.19. The van der Waals surface area contributed by atoms with E-state index in [1.807, 2.05) is 49.0 Å². The summed E-state index contributed by atoms with van der Waals surface area (Å²) in [4.78, 5) is 27.2. The molecule has 0 aliphatic heterocycles. The first-order chi connectivity index (χ1) is 14.4. The van der Waals surface area contributed by atoms with E-state index in [-0.39, 0.29) is 17.7 Å². The summed E-state index contributed by atoms with van der Waals surface area (Å²) in [6, 6.07) is 18.4. The van der Waals surface area contributed by atoms with Crippen LogP contribution in [0.5, 0.6) is 0 Å². The van der Waals surface area contributed by atoms with Crippen LogP contribution in [-0.4, -0.2) is 39.6 Å². The van der Waals surface area contributed by atoms with Crippen LogP contribution in [0.2, 0.25) is 0 Å². The number of rotatable bonds is 8. The number of likely N-dealkylation sites (N-methyl/N-ethyl adjacent to an activating group) is 1. The SMILES string of the molecule is CC(C)[C@@H](NC(=O)c1ccccc1)C(=O)N(C)Cc1cnn(Cc2ccccc2)c1. The summed E-state index contributed by atoms with van der Waals surface area (Å²) in [6.07, 6.45) is 3.73. The fourth-order valence-electron chi connectivity index (χ4n) is 3.26. The minimum Gasteiger partial charge on any atom is -0.340 e. The van der Waals surface area contributed by atoms with E-state index in [2.05, 4.69) is 22.5 Å². The van der Waals surface area contributed by atoms with Gasteiger partial charge in [0.15, 0.2) is 0 Å². The zero-order valence-corrected chi connectivity index (χ0v) is 17.7. The smallest absolute Gasteiger partial charge is 0.251 e. The molecule has 1 atom stereocenters. The lowest BCUT2D eigenvalue weighted by molar-refractivity contribution is -0.133. The summed E-state index contributed by atoms with van der Waals surface area (Å²) in [7, 11) is 1.75. The molecule has 6 heteroatoms. The van der Waals surface area contributed by atoms with E-state index in [0.717, 1.165) is 5.56 Å². The molecule has 3 aromatic rings. The molecule has 0 fully saturated rings. The molecule has 0 aliphatic rings. The molecule has 2 amide bonds. The van der Waals surface area contributed by atoms with Gasteiger partial charge >= 0.3 is 0 Å². The second-order valence-electron chi connectivity index (χ2n) is 7.79. The van der Waals surface area contributed by atoms with Crippen LogP contribution < -0.4 is 5.32 Å². The van der Waals surface area contributed by atoms with Crippen molar-refractivity contribution in [2.24, 2.45) is 5.92 Å². The molecule has 0 saturated carbocycles. The van der Waals surface area contributed by atoms with Crippen LogP contribution in [0.4, 0.5) is 0 Å². The van der Waals surface area contributed by atoms with Gasteiger partial charge in [0.05, 0.1) is 12.7 Å². The number of amides is 2. The number of hydrogen-bond donors (Lipinski definition) is 1. The van der Waals surface area contributed by atoms with Gasteiger partial charge in [-0.3, -0.25) is 14.3 Å². The van der Waals surface area contributed by atoms with Crippen molar-refractivity contribution in [2.45, 2.75) is 33.0 Å². The molecule has 6 nitrogen and oxygen atoms in total. The Morgan fingerprint density at radius 1 is 1.00 bits per heavy atom. The molecule has 3 rings (SSSR count). The monoisotopic (exact) mass is 404 g/mol. The zero-order valence-electron chi connectivity index (χ0n) is 17.7. The molecule has 0 unspecified atom stereocenters. The third-order valence-electron chi connectivity index (χ3n) is 4.93. The molecule has 0 radical (unpaired) electrons.